The van der Waals surface area contributed by atoms with Gasteiger partial charge in [0.05, 0.1) is 0 Å². The minimum absolute atomic E-state index is 0.128. The standard InChI is InChI=1S/C17H21N3O/c1-12-5-3-4-6-16(12)13(2)19-11-14-7-9-15(10-8-14)17(18)20-21/h3-10,13,19,21H,11H2,1-2H3,(H2,18,20)/t13-/m0/s1. The molecule has 4 heteroatoms. The molecule has 1 atom stereocenters. The Morgan fingerprint density at radius 1 is 1.19 bits per heavy atom. The SMILES string of the molecule is Cc1ccccc1[C@H](C)NCc1ccc(/C(N)=N/O)cc1. The van der Waals surface area contributed by atoms with Crippen LogP contribution in [0.4, 0.5) is 0 Å². The van der Waals surface area contributed by atoms with Gasteiger partial charge in [-0.2, -0.15) is 0 Å². The van der Waals surface area contributed by atoms with Crippen molar-refractivity contribution in [2.24, 2.45) is 10.9 Å². The van der Waals surface area contributed by atoms with Gasteiger partial charge in [0.1, 0.15) is 0 Å². The van der Waals surface area contributed by atoms with E-state index in [0.29, 0.717) is 5.56 Å². The molecule has 0 fully saturated rings. The van der Waals surface area contributed by atoms with E-state index in [4.69, 9.17) is 10.9 Å². The first-order valence-electron chi connectivity index (χ1n) is 6.97. The number of amidine groups is 1. The first-order chi connectivity index (χ1) is 10.1. The number of rotatable bonds is 5. The number of oxime groups is 1. The first kappa shape index (κ1) is 15.1. The summed E-state index contributed by atoms with van der Waals surface area (Å²) in [4.78, 5) is 0. The Morgan fingerprint density at radius 3 is 2.48 bits per heavy atom. The molecule has 21 heavy (non-hydrogen) atoms. The van der Waals surface area contributed by atoms with Crippen LogP contribution in [-0.4, -0.2) is 11.0 Å². The van der Waals surface area contributed by atoms with Crippen molar-refractivity contribution in [3.05, 3.63) is 70.8 Å². The molecule has 0 unspecified atom stereocenters. The number of hydrogen-bond donors (Lipinski definition) is 3. The predicted molar refractivity (Wildman–Crippen MR) is 85.4 cm³/mol. The van der Waals surface area contributed by atoms with Gasteiger partial charge in [-0.25, -0.2) is 0 Å². The molecule has 0 radical (unpaired) electrons. The number of nitrogens with one attached hydrogen (secondary N) is 1. The predicted octanol–water partition coefficient (Wildman–Crippen LogP) is 2.94. The van der Waals surface area contributed by atoms with Crippen molar-refractivity contribution in [1.29, 1.82) is 0 Å². The van der Waals surface area contributed by atoms with Crippen LogP contribution in [0, 0.1) is 6.92 Å². The fraction of sp³-hybridized carbons (Fsp3) is 0.235. The van der Waals surface area contributed by atoms with E-state index in [0.717, 1.165) is 12.1 Å². The maximum atomic E-state index is 8.64. The summed E-state index contributed by atoms with van der Waals surface area (Å²) in [7, 11) is 0. The molecule has 0 bridgehead atoms. The van der Waals surface area contributed by atoms with E-state index in [9.17, 15) is 0 Å². The van der Waals surface area contributed by atoms with Gasteiger partial charge in [-0.3, -0.25) is 0 Å². The zero-order chi connectivity index (χ0) is 15.2. The molecule has 0 aliphatic rings. The van der Waals surface area contributed by atoms with Gasteiger partial charge < -0.3 is 16.3 Å². The van der Waals surface area contributed by atoms with E-state index in [1.165, 1.54) is 11.1 Å². The number of aryl methyl sites for hydroxylation is 1. The van der Waals surface area contributed by atoms with Gasteiger partial charge in [-0.1, -0.05) is 53.7 Å². The second-order valence-electron chi connectivity index (χ2n) is 5.14. The minimum atomic E-state index is 0.128. The highest BCUT2D eigenvalue weighted by Gasteiger charge is 2.07. The van der Waals surface area contributed by atoms with Crippen LogP contribution in [0.3, 0.4) is 0 Å². The Labute approximate surface area is 125 Å². The molecule has 2 rings (SSSR count). The second kappa shape index (κ2) is 6.90. The van der Waals surface area contributed by atoms with Gasteiger partial charge in [-0.05, 0) is 30.5 Å². The van der Waals surface area contributed by atoms with Gasteiger partial charge in [-0.15, -0.1) is 0 Å². The number of nitrogens with zero attached hydrogens (tertiary/aromatic N) is 1. The quantitative estimate of drug-likeness (QED) is 0.342. The average molecular weight is 283 g/mol. The molecule has 0 aliphatic carbocycles. The summed E-state index contributed by atoms with van der Waals surface area (Å²) in [6.07, 6.45) is 0. The van der Waals surface area contributed by atoms with Crippen molar-refractivity contribution < 1.29 is 5.21 Å². The van der Waals surface area contributed by atoms with E-state index in [1.807, 2.05) is 24.3 Å². The third-order valence-electron chi connectivity index (χ3n) is 3.62. The Balaban J connectivity index is 1.98. The molecule has 2 aromatic carbocycles. The lowest BCUT2D eigenvalue weighted by atomic mass is 10.0. The molecular formula is C17H21N3O. The van der Waals surface area contributed by atoms with Crippen molar-refractivity contribution in [2.75, 3.05) is 0 Å². The Morgan fingerprint density at radius 2 is 1.86 bits per heavy atom. The van der Waals surface area contributed by atoms with Crippen molar-refractivity contribution >= 4 is 5.84 Å². The van der Waals surface area contributed by atoms with Crippen LogP contribution < -0.4 is 11.1 Å². The molecule has 2 aromatic rings. The van der Waals surface area contributed by atoms with Crippen molar-refractivity contribution in [2.45, 2.75) is 26.4 Å². The largest absolute Gasteiger partial charge is 0.409 e. The van der Waals surface area contributed by atoms with Gasteiger partial charge in [0.25, 0.3) is 0 Å². The van der Waals surface area contributed by atoms with Crippen LogP contribution in [0.25, 0.3) is 0 Å². The van der Waals surface area contributed by atoms with E-state index in [1.54, 1.807) is 0 Å². The zero-order valence-electron chi connectivity index (χ0n) is 12.4. The van der Waals surface area contributed by atoms with Crippen LogP contribution in [0.1, 0.15) is 35.2 Å². The zero-order valence-corrected chi connectivity index (χ0v) is 12.4. The van der Waals surface area contributed by atoms with Gasteiger partial charge in [0.2, 0.25) is 0 Å². The van der Waals surface area contributed by atoms with E-state index in [-0.39, 0.29) is 11.9 Å². The molecule has 0 aromatic heterocycles. The molecule has 4 nitrogen and oxygen atoms in total. The lowest BCUT2D eigenvalue weighted by Gasteiger charge is -2.16. The summed E-state index contributed by atoms with van der Waals surface area (Å²) >= 11 is 0. The van der Waals surface area contributed by atoms with Crippen molar-refractivity contribution in [1.82, 2.24) is 5.32 Å². The molecule has 0 amide bonds. The maximum absolute atomic E-state index is 8.64. The summed E-state index contributed by atoms with van der Waals surface area (Å²) in [5.74, 6) is 0.128. The van der Waals surface area contributed by atoms with E-state index < -0.39 is 0 Å². The Bertz CT molecular complexity index is 620. The smallest absolute Gasteiger partial charge is 0.170 e. The third kappa shape index (κ3) is 3.83. The monoisotopic (exact) mass is 283 g/mol. The van der Waals surface area contributed by atoms with Gasteiger partial charge >= 0.3 is 0 Å². The number of benzene rings is 2. The summed E-state index contributed by atoms with van der Waals surface area (Å²) in [5, 5.41) is 15.1. The second-order valence-corrected chi connectivity index (χ2v) is 5.14. The summed E-state index contributed by atoms with van der Waals surface area (Å²) in [5.41, 5.74) is 10.0. The van der Waals surface area contributed by atoms with Crippen LogP contribution in [0.2, 0.25) is 0 Å². The highest BCUT2D eigenvalue weighted by molar-refractivity contribution is 5.96. The normalized spacial score (nSPS) is 13.1. The molecule has 0 saturated heterocycles. The Hall–Kier alpha value is -2.33. The number of nitrogens with two attached hydrogens (primary N) is 1. The molecule has 0 aliphatic heterocycles. The van der Waals surface area contributed by atoms with E-state index >= 15 is 0 Å². The summed E-state index contributed by atoms with van der Waals surface area (Å²) in [6.45, 7) is 5.05. The van der Waals surface area contributed by atoms with Gasteiger partial charge in [0.15, 0.2) is 5.84 Å². The average Bonchev–Trinajstić information content (AvgIpc) is 2.52. The number of hydrogen-bond acceptors (Lipinski definition) is 3. The molecule has 0 spiro atoms. The highest BCUT2D eigenvalue weighted by Crippen LogP contribution is 2.17. The maximum Gasteiger partial charge on any atom is 0.170 e. The highest BCUT2D eigenvalue weighted by atomic mass is 16.4. The minimum Gasteiger partial charge on any atom is -0.409 e. The summed E-state index contributed by atoms with van der Waals surface area (Å²) in [6, 6.07) is 16.3. The van der Waals surface area contributed by atoms with E-state index in [2.05, 4.69) is 48.6 Å². The van der Waals surface area contributed by atoms with Crippen molar-refractivity contribution in [3.63, 3.8) is 0 Å². The Kier molecular flexibility index (Phi) is 4.95. The van der Waals surface area contributed by atoms with Crippen LogP contribution in [-0.2, 0) is 6.54 Å². The lowest BCUT2D eigenvalue weighted by molar-refractivity contribution is 0.318. The van der Waals surface area contributed by atoms with Gasteiger partial charge in [0, 0.05) is 18.2 Å². The molecule has 110 valence electrons. The first-order valence-corrected chi connectivity index (χ1v) is 6.97. The molecule has 0 saturated carbocycles. The molecule has 0 heterocycles. The molecular weight excluding hydrogens is 262 g/mol. The molecule has 4 N–H and O–H groups in total. The lowest BCUT2D eigenvalue weighted by Crippen LogP contribution is -2.19. The van der Waals surface area contributed by atoms with Crippen molar-refractivity contribution in [3.8, 4) is 0 Å². The van der Waals surface area contributed by atoms with Crippen LogP contribution >= 0.6 is 0 Å². The fourth-order valence-electron chi connectivity index (χ4n) is 2.30. The fourth-order valence-corrected chi connectivity index (χ4v) is 2.30. The third-order valence-corrected chi connectivity index (χ3v) is 3.62. The van der Waals surface area contributed by atoms with Crippen LogP contribution in [0.5, 0.6) is 0 Å². The van der Waals surface area contributed by atoms with Crippen LogP contribution in [0.15, 0.2) is 53.7 Å². The topological polar surface area (TPSA) is 70.6 Å². The summed E-state index contributed by atoms with van der Waals surface area (Å²) < 4.78 is 0.